The second-order valence-electron chi connectivity index (χ2n) is 9.43. The Kier molecular flexibility index (Phi) is 8.04. The molecule has 0 N–H and O–H groups in total. The first-order valence-corrected chi connectivity index (χ1v) is 12.7. The van der Waals surface area contributed by atoms with Crippen LogP contribution in [0, 0.1) is 0 Å². The van der Waals surface area contributed by atoms with Crippen LogP contribution in [0.2, 0.25) is 0 Å². The molecule has 0 unspecified atom stereocenters. The molecule has 2 aromatic rings. The van der Waals surface area contributed by atoms with E-state index in [0.29, 0.717) is 6.04 Å². The van der Waals surface area contributed by atoms with Crippen LogP contribution in [-0.2, 0) is 19.6 Å². The Bertz CT molecular complexity index is 854. The highest BCUT2D eigenvalue weighted by molar-refractivity contribution is 5.93. The Morgan fingerprint density at radius 1 is 0.969 bits per heavy atom. The largest absolute Gasteiger partial charge is 0.339 e. The van der Waals surface area contributed by atoms with E-state index in [-0.39, 0.29) is 5.91 Å². The Balaban J connectivity index is 1.48. The molecule has 4 rings (SSSR count). The fourth-order valence-electron chi connectivity index (χ4n) is 5.31. The standard InChI is InChI=1S/C27H40N4O/c1-3-5-17-31(24-14-19-28(4-2)20-15-24)27(32)26-13-12-25-22-29(16-9-18-30(25)26)21-23-10-7-6-8-11-23/h6-8,10-13,24H,3-5,9,14-22H2,1-2H3. The summed E-state index contributed by atoms with van der Waals surface area (Å²) in [5.74, 6) is 0.246. The maximum absolute atomic E-state index is 13.8. The molecule has 0 spiro atoms. The maximum atomic E-state index is 13.8. The number of hydrogen-bond donors (Lipinski definition) is 0. The van der Waals surface area contributed by atoms with E-state index in [2.05, 4.69) is 75.6 Å². The minimum atomic E-state index is 0.246. The summed E-state index contributed by atoms with van der Waals surface area (Å²) in [6.45, 7) is 12.5. The number of unbranched alkanes of at least 4 members (excludes halogenated alkanes) is 1. The fraction of sp³-hybridized carbons (Fsp3) is 0.593. The highest BCUT2D eigenvalue weighted by atomic mass is 16.2. The molecule has 1 amide bonds. The molecule has 0 aliphatic carbocycles. The zero-order chi connectivity index (χ0) is 22.3. The van der Waals surface area contributed by atoms with Crippen molar-refractivity contribution in [2.24, 2.45) is 0 Å². The van der Waals surface area contributed by atoms with Gasteiger partial charge in [0.1, 0.15) is 5.69 Å². The quantitative estimate of drug-likeness (QED) is 0.605. The molecule has 2 aliphatic heterocycles. The number of likely N-dealkylation sites (tertiary alicyclic amines) is 1. The molecular formula is C27H40N4O. The first kappa shape index (κ1) is 23.1. The third kappa shape index (κ3) is 5.44. The van der Waals surface area contributed by atoms with Crippen LogP contribution in [0.5, 0.6) is 0 Å². The van der Waals surface area contributed by atoms with Gasteiger partial charge in [-0.25, -0.2) is 0 Å². The van der Waals surface area contributed by atoms with Crippen molar-refractivity contribution < 1.29 is 4.79 Å². The van der Waals surface area contributed by atoms with Crippen molar-refractivity contribution in [3.8, 4) is 0 Å². The lowest BCUT2D eigenvalue weighted by atomic mass is 10.0. The van der Waals surface area contributed by atoms with Gasteiger partial charge in [0, 0.05) is 57.5 Å². The summed E-state index contributed by atoms with van der Waals surface area (Å²) >= 11 is 0. The Morgan fingerprint density at radius 3 is 2.47 bits per heavy atom. The van der Waals surface area contributed by atoms with Gasteiger partial charge in [-0.3, -0.25) is 9.69 Å². The summed E-state index contributed by atoms with van der Waals surface area (Å²) in [6.07, 6.45) is 5.48. The summed E-state index contributed by atoms with van der Waals surface area (Å²) in [5, 5.41) is 0. The number of hydrogen-bond acceptors (Lipinski definition) is 3. The van der Waals surface area contributed by atoms with Gasteiger partial charge < -0.3 is 14.4 Å². The van der Waals surface area contributed by atoms with Gasteiger partial charge in [-0.15, -0.1) is 0 Å². The number of fused-ring (bicyclic) bond motifs is 1. The van der Waals surface area contributed by atoms with Gasteiger partial charge >= 0.3 is 0 Å². The molecule has 0 atom stereocenters. The number of benzene rings is 1. The first-order valence-electron chi connectivity index (χ1n) is 12.7. The lowest BCUT2D eigenvalue weighted by Gasteiger charge is -2.38. The summed E-state index contributed by atoms with van der Waals surface area (Å²) in [6, 6.07) is 15.4. The highest BCUT2D eigenvalue weighted by Crippen LogP contribution is 2.24. The number of rotatable bonds is 8. The predicted octanol–water partition coefficient (Wildman–Crippen LogP) is 4.62. The maximum Gasteiger partial charge on any atom is 0.270 e. The first-order chi connectivity index (χ1) is 15.7. The molecule has 3 heterocycles. The average molecular weight is 437 g/mol. The van der Waals surface area contributed by atoms with E-state index in [0.717, 1.165) is 90.2 Å². The van der Waals surface area contributed by atoms with Gasteiger partial charge in [0.2, 0.25) is 0 Å². The third-order valence-electron chi connectivity index (χ3n) is 7.24. The van der Waals surface area contributed by atoms with E-state index >= 15 is 0 Å². The van der Waals surface area contributed by atoms with Gasteiger partial charge in [0.25, 0.3) is 5.91 Å². The van der Waals surface area contributed by atoms with E-state index in [1.54, 1.807) is 0 Å². The van der Waals surface area contributed by atoms with Crippen molar-refractivity contribution in [3.63, 3.8) is 0 Å². The van der Waals surface area contributed by atoms with Gasteiger partial charge in [-0.1, -0.05) is 50.6 Å². The normalized spacial score (nSPS) is 18.3. The second kappa shape index (κ2) is 11.2. The average Bonchev–Trinajstić information content (AvgIpc) is 3.11. The van der Waals surface area contributed by atoms with Crippen LogP contribution in [0.25, 0.3) is 0 Å². The van der Waals surface area contributed by atoms with Crippen molar-refractivity contribution in [3.05, 3.63) is 59.4 Å². The smallest absolute Gasteiger partial charge is 0.270 e. The molecule has 0 bridgehead atoms. The molecule has 1 saturated heterocycles. The molecule has 2 aliphatic rings. The molecule has 5 nitrogen and oxygen atoms in total. The Hall–Kier alpha value is -2.11. The zero-order valence-corrected chi connectivity index (χ0v) is 20.0. The van der Waals surface area contributed by atoms with Crippen molar-refractivity contribution in [1.82, 2.24) is 19.3 Å². The van der Waals surface area contributed by atoms with Gasteiger partial charge in [0.05, 0.1) is 0 Å². The van der Waals surface area contributed by atoms with Crippen LogP contribution in [0.4, 0.5) is 0 Å². The topological polar surface area (TPSA) is 31.7 Å². The van der Waals surface area contributed by atoms with E-state index in [1.165, 1.54) is 11.3 Å². The van der Waals surface area contributed by atoms with E-state index in [9.17, 15) is 4.79 Å². The SMILES string of the molecule is CCCCN(C(=O)c1ccc2n1CCCN(Cc1ccccc1)C2)C1CCN(CC)CC1. The van der Waals surface area contributed by atoms with Crippen LogP contribution < -0.4 is 0 Å². The van der Waals surface area contributed by atoms with Crippen LogP contribution >= 0.6 is 0 Å². The molecule has 1 fully saturated rings. The zero-order valence-electron chi connectivity index (χ0n) is 20.0. The minimum Gasteiger partial charge on any atom is -0.339 e. The number of nitrogens with zero attached hydrogens (tertiary/aromatic N) is 4. The number of carbonyl (C=O) groups is 1. The van der Waals surface area contributed by atoms with Crippen LogP contribution in [0.3, 0.4) is 0 Å². The number of carbonyl (C=O) groups excluding carboxylic acids is 1. The molecular weight excluding hydrogens is 396 g/mol. The second-order valence-corrected chi connectivity index (χ2v) is 9.43. The summed E-state index contributed by atoms with van der Waals surface area (Å²) < 4.78 is 2.31. The van der Waals surface area contributed by atoms with Crippen molar-refractivity contribution in [1.29, 1.82) is 0 Å². The van der Waals surface area contributed by atoms with Crippen molar-refractivity contribution in [2.45, 2.75) is 71.6 Å². The Morgan fingerprint density at radius 2 is 1.75 bits per heavy atom. The molecule has 174 valence electrons. The predicted molar refractivity (Wildman–Crippen MR) is 131 cm³/mol. The van der Waals surface area contributed by atoms with Gasteiger partial charge in [-0.05, 0) is 49.9 Å². The van der Waals surface area contributed by atoms with Crippen LogP contribution in [0.1, 0.15) is 67.7 Å². The molecule has 5 heteroatoms. The van der Waals surface area contributed by atoms with E-state index < -0.39 is 0 Å². The van der Waals surface area contributed by atoms with Crippen molar-refractivity contribution >= 4 is 5.91 Å². The lowest BCUT2D eigenvalue weighted by molar-refractivity contribution is 0.0562. The molecule has 0 saturated carbocycles. The van der Waals surface area contributed by atoms with E-state index in [4.69, 9.17) is 0 Å². The van der Waals surface area contributed by atoms with Crippen LogP contribution in [-0.4, -0.2) is 63.9 Å². The lowest BCUT2D eigenvalue weighted by Crippen LogP contribution is -2.48. The molecule has 0 radical (unpaired) electrons. The van der Waals surface area contributed by atoms with Crippen LogP contribution in [0.15, 0.2) is 42.5 Å². The summed E-state index contributed by atoms with van der Waals surface area (Å²) in [7, 11) is 0. The minimum absolute atomic E-state index is 0.246. The summed E-state index contributed by atoms with van der Waals surface area (Å²) in [5.41, 5.74) is 3.53. The van der Waals surface area contributed by atoms with Gasteiger partial charge in [-0.2, -0.15) is 0 Å². The number of piperidine rings is 1. The monoisotopic (exact) mass is 436 g/mol. The van der Waals surface area contributed by atoms with Gasteiger partial charge in [0.15, 0.2) is 0 Å². The van der Waals surface area contributed by atoms with E-state index in [1.807, 2.05) is 0 Å². The molecule has 1 aromatic heterocycles. The molecule has 32 heavy (non-hydrogen) atoms. The number of amides is 1. The van der Waals surface area contributed by atoms with Crippen molar-refractivity contribution in [2.75, 3.05) is 32.7 Å². The Labute approximate surface area is 194 Å². The fourth-order valence-corrected chi connectivity index (χ4v) is 5.31. The summed E-state index contributed by atoms with van der Waals surface area (Å²) in [4.78, 5) is 21.0. The molecule has 1 aromatic carbocycles. The highest BCUT2D eigenvalue weighted by Gasteiger charge is 2.30. The number of aromatic nitrogens is 1. The third-order valence-corrected chi connectivity index (χ3v) is 7.24.